The Morgan fingerprint density at radius 3 is 2.39 bits per heavy atom. The van der Waals surface area contributed by atoms with Crippen molar-refractivity contribution in [3.63, 3.8) is 0 Å². The molecule has 5 nitrogen and oxygen atoms in total. The molecule has 4 N–H and O–H groups in total. The maximum absolute atomic E-state index is 10.6. The standard InChI is InChI=1S/C13H15NO4/c14-12(17)8-11(16)13(18)10-5-3-9(4-6-10)2-1-7-15/h1-7,11,13,16,18H,8H2,(H2,14,17)/b2-1+. The van der Waals surface area contributed by atoms with Crippen LogP contribution in [0.3, 0.4) is 0 Å². The fourth-order valence-corrected chi connectivity index (χ4v) is 1.49. The summed E-state index contributed by atoms with van der Waals surface area (Å²) >= 11 is 0. The van der Waals surface area contributed by atoms with Gasteiger partial charge in [-0.1, -0.05) is 30.3 Å². The lowest BCUT2D eigenvalue weighted by atomic mass is 10.0. The number of aliphatic hydroxyl groups excluding tert-OH is 2. The van der Waals surface area contributed by atoms with Crippen molar-refractivity contribution >= 4 is 18.3 Å². The normalized spacial score (nSPS) is 14.3. The molecule has 0 heterocycles. The van der Waals surface area contributed by atoms with Gasteiger partial charge in [0.05, 0.1) is 12.5 Å². The Labute approximate surface area is 105 Å². The van der Waals surface area contributed by atoms with E-state index in [1.807, 2.05) is 0 Å². The Kier molecular flexibility index (Phi) is 5.23. The highest BCUT2D eigenvalue weighted by Gasteiger charge is 2.19. The molecule has 1 aromatic carbocycles. The smallest absolute Gasteiger partial charge is 0.220 e. The van der Waals surface area contributed by atoms with Crippen LogP contribution in [0, 0.1) is 0 Å². The van der Waals surface area contributed by atoms with E-state index in [9.17, 15) is 19.8 Å². The fraction of sp³-hybridized carbons (Fsp3) is 0.231. The summed E-state index contributed by atoms with van der Waals surface area (Å²) in [4.78, 5) is 20.8. The van der Waals surface area contributed by atoms with E-state index < -0.39 is 18.1 Å². The van der Waals surface area contributed by atoms with E-state index in [1.165, 1.54) is 6.08 Å². The first kappa shape index (κ1) is 14.1. The van der Waals surface area contributed by atoms with Crippen molar-refractivity contribution in [3.05, 3.63) is 41.5 Å². The van der Waals surface area contributed by atoms with Gasteiger partial charge in [-0.15, -0.1) is 0 Å². The minimum Gasteiger partial charge on any atom is -0.390 e. The van der Waals surface area contributed by atoms with Gasteiger partial charge in [0.2, 0.25) is 5.91 Å². The quantitative estimate of drug-likeness (QED) is 0.494. The van der Waals surface area contributed by atoms with Gasteiger partial charge in [0, 0.05) is 0 Å². The molecular formula is C13H15NO4. The van der Waals surface area contributed by atoms with Crippen LogP contribution >= 0.6 is 0 Å². The number of aldehydes is 1. The Morgan fingerprint density at radius 2 is 1.89 bits per heavy atom. The summed E-state index contributed by atoms with van der Waals surface area (Å²) in [5, 5.41) is 19.3. The summed E-state index contributed by atoms with van der Waals surface area (Å²) in [6.07, 6.45) is 0.949. The summed E-state index contributed by atoms with van der Waals surface area (Å²) in [6.45, 7) is 0. The molecule has 2 atom stereocenters. The summed E-state index contributed by atoms with van der Waals surface area (Å²) in [5.74, 6) is -0.674. The molecule has 0 bridgehead atoms. The van der Waals surface area contributed by atoms with Crippen LogP contribution in [0.25, 0.3) is 6.08 Å². The molecule has 0 aromatic heterocycles. The van der Waals surface area contributed by atoms with Crippen molar-refractivity contribution in [1.29, 1.82) is 0 Å². The monoisotopic (exact) mass is 249 g/mol. The minimum atomic E-state index is -1.22. The third-order valence-electron chi connectivity index (χ3n) is 2.42. The van der Waals surface area contributed by atoms with Gasteiger partial charge < -0.3 is 15.9 Å². The summed E-state index contributed by atoms with van der Waals surface area (Å²) in [6, 6.07) is 6.60. The molecule has 0 saturated heterocycles. The predicted octanol–water partition coefficient (Wildman–Crippen LogP) is 0.168. The SMILES string of the molecule is NC(=O)CC(O)C(O)c1ccc(/C=C/C=O)cc1. The number of amides is 1. The number of nitrogens with two attached hydrogens (primary N) is 1. The lowest BCUT2D eigenvalue weighted by molar-refractivity contribution is -0.121. The van der Waals surface area contributed by atoms with Crippen LogP contribution in [-0.4, -0.2) is 28.5 Å². The maximum atomic E-state index is 10.6. The molecule has 0 fully saturated rings. The van der Waals surface area contributed by atoms with Crippen molar-refractivity contribution < 1.29 is 19.8 Å². The predicted molar refractivity (Wildman–Crippen MR) is 66.3 cm³/mol. The molecule has 0 spiro atoms. The number of rotatable bonds is 6. The molecule has 18 heavy (non-hydrogen) atoms. The van der Waals surface area contributed by atoms with Gasteiger partial charge in [-0.25, -0.2) is 0 Å². The molecule has 0 aliphatic carbocycles. The highest BCUT2D eigenvalue weighted by atomic mass is 16.3. The zero-order chi connectivity index (χ0) is 13.5. The highest BCUT2D eigenvalue weighted by Crippen LogP contribution is 2.19. The molecular weight excluding hydrogens is 234 g/mol. The Balaban J connectivity index is 2.74. The lowest BCUT2D eigenvalue weighted by Gasteiger charge is -2.16. The fourth-order valence-electron chi connectivity index (χ4n) is 1.49. The van der Waals surface area contributed by atoms with Gasteiger partial charge in [-0.3, -0.25) is 9.59 Å². The molecule has 0 radical (unpaired) electrons. The first-order valence-electron chi connectivity index (χ1n) is 5.41. The second kappa shape index (κ2) is 6.68. The van der Waals surface area contributed by atoms with Gasteiger partial charge in [0.25, 0.3) is 0 Å². The second-order valence-electron chi connectivity index (χ2n) is 3.84. The van der Waals surface area contributed by atoms with E-state index >= 15 is 0 Å². The molecule has 5 heteroatoms. The number of aliphatic hydroxyl groups is 2. The summed E-state index contributed by atoms with van der Waals surface area (Å²) in [7, 11) is 0. The largest absolute Gasteiger partial charge is 0.390 e. The van der Waals surface area contributed by atoms with Crippen LogP contribution in [0.2, 0.25) is 0 Å². The van der Waals surface area contributed by atoms with E-state index in [4.69, 9.17) is 5.73 Å². The van der Waals surface area contributed by atoms with Crippen LogP contribution in [0.4, 0.5) is 0 Å². The first-order chi connectivity index (χ1) is 8.54. The molecule has 1 rings (SSSR count). The molecule has 1 aromatic rings. The zero-order valence-electron chi connectivity index (χ0n) is 9.69. The summed E-state index contributed by atoms with van der Waals surface area (Å²) < 4.78 is 0. The molecule has 0 saturated carbocycles. The van der Waals surface area contributed by atoms with Crippen molar-refractivity contribution in [2.45, 2.75) is 18.6 Å². The number of hydrogen-bond donors (Lipinski definition) is 3. The van der Waals surface area contributed by atoms with Crippen LogP contribution < -0.4 is 5.73 Å². The van der Waals surface area contributed by atoms with Crippen molar-refractivity contribution in [3.8, 4) is 0 Å². The maximum Gasteiger partial charge on any atom is 0.220 e. The summed E-state index contributed by atoms with van der Waals surface area (Å²) in [5.41, 5.74) is 6.21. The lowest BCUT2D eigenvalue weighted by Crippen LogP contribution is -2.25. The molecule has 1 amide bonds. The number of allylic oxidation sites excluding steroid dienone is 1. The Morgan fingerprint density at radius 1 is 1.28 bits per heavy atom. The third-order valence-corrected chi connectivity index (χ3v) is 2.42. The average molecular weight is 249 g/mol. The first-order valence-corrected chi connectivity index (χ1v) is 5.41. The second-order valence-corrected chi connectivity index (χ2v) is 3.84. The minimum absolute atomic E-state index is 0.298. The number of hydrogen-bond acceptors (Lipinski definition) is 4. The Hall–Kier alpha value is -1.98. The molecule has 96 valence electrons. The van der Waals surface area contributed by atoms with Gasteiger partial charge in [-0.05, 0) is 17.2 Å². The number of benzene rings is 1. The zero-order valence-corrected chi connectivity index (χ0v) is 9.69. The average Bonchev–Trinajstić information content (AvgIpc) is 2.35. The van der Waals surface area contributed by atoms with Crippen LogP contribution in [0.15, 0.2) is 30.3 Å². The van der Waals surface area contributed by atoms with Crippen LogP contribution in [0.1, 0.15) is 23.7 Å². The van der Waals surface area contributed by atoms with Gasteiger partial charge >= 0.3 is 0 Å². The number of carbonyl (C=O) groups is 2. The van der Waals surface area contributed by atoms with Gasteiger partial charge in [-0.2, -0.15) is 0 Å². The van der Waals surface area contributed by atoms with Crippen LogP contribution in [0.5, 0.6) is 0 Å². The molecule has 0 aliphatic rings. The van der Waals surface area contributed by atoms with E-state index in [-0.39, 0.29) is 6.42 Å². The molecule has 2 unspecified atom stereocenters. The number of carbonyl (C=O) groups excluding carboxylic acids is 2. The number of primary amides is 1. The Bertz CT molecular complexity index is 439. The van der Waals surface area contributed by atoms with Gasteiger partial charge in [0.1, 0.15) is 12.4 Å². The van der Waals surface area contributed by atoms with Crippen molar-refractivity contribution in [2.75, 3.05) is 0 Å². The van der Waals surface area contributed by atoms with Crippen LogP contribution in [-0.2, 0) is 9.59 Å². The third kappa shape index (κ3) is 4.12. The van der Waals surface area contributed by atoms with Gasteiger partial charge in [0.15, 0.2) is 0 Å². The van der Waals surface area contributed by atoms with E-state index in [0.29, 0.717) is 11.8 Å². The topological polar surface area (TPSA) is 101 Å². The van der Waals surface area contributed by atoms with Crippen molar-refractivity contribution in [2.24, 2.45) is 5.73 Å². The van der Waals surface area contributed by atoms with E-state index in [0.717, 1.165) is 5.56 Å². The van der Waals surface area contributed by atoms with E-state index in [2.05, 4.69) is 0 Å². The van der Waals surface area contributed by atoms with Crippen molar-refractivity contribution in [1.82, 2.24) is 0 Å². The highest BCUT2D eigenvalue weighted by molar-refractivity contribution is 5.74. The van der Waals surface area contributed by atoms with E-state index in [1.54, 1.807) is 30.3 Å². The molecule has 0 aliphatic heterocycles.